The third-order valence-electron chi connectivity index (χ3n) is 7.85. The maximum Gasteiger partial charge on any atom is 0.417 e. The summed E-state index contributed by atoms with van der Waals surface area (Å²) in [5.74, 6) is -3.04. The molecule has 1 aliphatic rings. The highest BCUT2D eigenvalue weighted by Crippen LogP contribution is 2.36. The summed E-state index contributed by atoms with van der Waals surface area (Å²) >= 11 is 0. The van der Waals surface area contributed by atoms with Crippen molar-refractivity contribution in [3.8, 4) is 0 Å². The number of hydrogen-bond donors (Lipinski definition) is 1. The lowest BCUT2D eigenvalue weighted by Crippen LogP contribution is -2.68. The van der Waals surface area contributed by atoms with Crippen LogP contribution in [-0.2, 0) is 28.3 Å². The highest BCUT2D eigenvalue weighted by Gasteiger charge is 2.48. The maximum absolute atomic E-state index is 14.2. The molecule has 3 aromatic rings. The van der Waals surface area contributed by atoms with E-state index < -0.39 is 76.8 Å². The number of piperazine rings is 1. The summed E-state index contributed by atoms with van der Waals surface area (Å²) in [5.41, 5.74) is -1.20. The predicted octanol–water partition coefficient (Wildman–Crippen LogP) is 5.83. The number of carbonyl (C=O) groups excluding carboxylic acids is 3. The number of nitrogens with zero attached hydrogens (tertiary/aromatic N) is 1. The second kappa shape index (κ2) is 12.9. The number of hydrogen-bond acceptors (Lipinski definition) is 6. The molecule has 6 nitrogen and oxygen atoms in total. The maximum atomic E-state index is 14.2. The second-order valence-corrected chi connectivity index (χ2v) is 10.7. The van der Waals surface area contributed by atoms with Gasteiger partial charge in [-0.15, -0.1) is 0 Å². The fraction of sp³-hybridized carbons (Fsp3) is 0.344. The van der Waals surface area contributed by atoms with Gasteiger partial charge in [0.2, 0.25) is 0 Å². The molecule has 0 spiro atoms. The first-order chi connectivity index (χ1) is 20.6. The fourth-order valence-electron chi connectivity index (χ4n) is 5.51. The summed E-state index contributed by atoms with van der Waals surface area (Å²) in [5, 5.41) is 3.04. The van der Waals surface area contributed by atoms with Crippen molar-refractivity contribution in [2.24, 2.45) is 0 Å². The van der Waals surface area contributed by atoms with Gasteiger partial charge in [-0.3, -0.25) is 19.3 Å². The van der Waals surface area contributed by atoms with Crippen molar-refractivity contribution in [3.05, 3.63) is 106 Å². The Bertz CT molecular complexity index is 1550. The van der Waals surface area contributed by atoms with Gasteiger partial charge in [0.25, 0.3) is 0 Å². The minimum atomic E-state index is -4.91. The normalized spacial score (nSPS) is 19.4. The van der Waals surface area contributed by atoms with E-state index in [0.29, 0.717) is 0 Å². The van der Waals surface area contributed by atoms with E-state index in [4.69, 9.17) is 4.74 Å². The minimum Gasteiger partial charge on any atom is -0.468 e. The summed E-state index contributed by atoms with van der Waals surface area (Å²) in [4.78, 5) is 41.7. The van der Waals surface area contributed by atoms with Gasteiger partial charge < -0.3 is 10.1 Å². The Hall–Kier alpha value is -4.03. The summed E-state index contributed by atoms with van der Waals surface area (Å²) in [6.45, 7) is 2.73. The van der Waals surface area contributed by atoms with Crippen LogP contribution in [0.2, 0.25) is 0 Å². The van der Waals surface area contributed by atoms with Gasteiger partial charge in [-0.25, -0.2) is 0 Å². The van der Waals surface area contributed by atoms with Crippen LogP contribution in [-0.4, -0.2) is 60.8 Å². The summed E-state index contributed by atoms with van der Waals surface area (Å²) in [6.07, 6.45) is -9.70. The van der Waals surface area contributed by atoms with Crippen LogP contribution in [0.5, 0.6) is 0 Å². The van der Waals surface area contributed by atoms with E-state index >= 15 is 0 Å². The van der Waals surface area contributed by atoms with Crippen LogP contribution in [0.25, 0.3) is 0 Å². The molecule has 3 unspecified atom stereocenters. The lowest BCUT2D eigenvalue weighted by atomic mass is 9.84. The van der Waals surface area contributed by atoms with Crippen LogP contribution in [0.3, 0.4) is 0 Å². The third kappa shape index (κ3) is 7.02. The predicted molar refractivity (Wildman–Crippen MR) is 149 cm³/mol. The lowest BCUT2D eigenvalue weighted by molar-refractivity contribution is -0.143. The number of halogens is 6. The Morgan fingerprint density at radius 3 is 1.89 bits per heavy atom. The number of methoxy groups -OCH3 is 1. The van der Waals surface area contributed by atoms with Crippen LogP contribution in [0.15, 0.2) is 66.7 Å². The molecule has 0 amide bonds. The number of ether oxygens (including phenoxy) is 1. The zero-order chi connectivity index (χ0) is 32.4. The molecule has 3 atom stereocenters. The number of esters is 1. The number of aryl methyl sites for hydroxylation is 2. The van der Waals surface area contributed by atoms with Gasteiger partial charge in [0.15, 0.2) is 11.6 Å². The topological polar surface area (TPSA) is 75.7 Å². The molecule has 0 aliphatic carbocycles. The van der Waals surface area contributed by atoms with Crippen molar-refractivity contribution in [2.75, 3.05) is 20.2 Å². The van der Waals surface area contributed by atoms with E-state index in [0.717, 1.165) is 65.1 Å². The van der Waals surface area contributed by atoms with Crippen molar-refractivity contribution in [1.29, 1.82) is 0 Å². The number of rotatable bonds is 8. The van der Waals surface area contributed by atoms with Crippen molar-refractivity contribution in [2.45, 2.75) is 50.7 Å². The van der Waals surface area contributed by atoms with Gasteiger partial charge >= 0.3 is 18.3 Å². The Kier molecular flexibility index (Phi) is 9.65. The highest BCUT2D eigenvalue weighted by atomic mass is 19.4. The standard InChI is InChI=1S/C32H30F6N2O4/c1-18-12-13-20(14-19(18)2)15-25-28(30(43)22-9-5-7-11-24(22)32(36,37)38)40(17-27(41)44-3)26(16-39-25)29(42)21-8-4-6-10-23(21)31(33,34)35/h4-14,25-26,28,39H,15-17H2,1-3H3. The van der Waals surface area contributed by atoms with E-state index in [9.17, 15) is 40.7 Å². The van der Waals surface area contributed by atoms with Crippen molar-refractivity contribution in [1.82, 2.24) is 10.2 Å². The number of Topliss-reactive ketones (excluding diaryl/α,β-unsaturated/α-hetero) is 2. The molecule has 1 heterocycles. The van der Waals surface area contributed by atoms with E-state index in [2.05, 4.69) is 5.32 Å². The molecular weight excluding hydrogens is 590 g/mol. The van der Waals surface area contributed by atoms with Gasteiger partial charge in [0.1, 0.15) is 0 Å². The third-order valence-corrected chi connectivity index (χ3v) is 7.85. The molecule has 44 heavy (non-hydrogen) atoms. The molecule has 234 valence electrons. The number of ketones is 2. The second-order valence-electron chi connectivity index (χ2n) is 10.7. The first kappa shape index (κ1) is 32.9. The number of carbonyl (C=O) groups is 3. The van der Waals surface area contributed by atoms with Gasteiger partial charge in [-0.2, -0.15) is 26.3 Å². The van der Waals surface area contributed by atoms with E-state index in [1.54, 1.807) is 6.07 Å². The number of benzene rings is 3. The fourth-order valence-corrected chi connectivity index (χ4v) is 5.51. The molecule has 0 radical (unpaired) electrons. The van der Waals surface area contributed by atoms with E-state index in [1.165, 1.54) is 12.1 Å². The van der Waals surface area contributed by atoms with Crippen LogP contribution >= 0.6 is 0 Å². The quantitative estimate of drug-likeness (QED) is 0.194. The highest BCUT2D eigenvalue weighted by molar-refractivity contribution is 6.05. The zero-order valence-electron chi connectivity index (χ0n) is 24.1. The molecule has 1 saturated heterocycles. The van der Waals surface area contributed by atoms with Crippen molar-refractivity contribution in [3.63, 3.8) is 0 Å². The molecule has 1 aliphatic heterocycles. The molecule has 12 heteroatoms. The summed E-state index contributed by atoms with van der Waals surface area (Å²) < 4.78 is 88.5. The molecule has 0 aromatic heterocycles. The largest absolute Gasteiger partial charge is 0.468 e. The summed E-state index contributed by atoms with van der Waals surface area (Å²) in [6, 6.07) is 9.65. The molecule has 0 bridgehead atoms. The minimum absolute atomic E-state index is 0.101. The molecule has 1 N–H and O–H groups in total. The number of nitrogens with one attached hydrogen (secondary N) is 1. The Morgan fingerprint density at radius 2 is 1.36 bits per heavy atom. The first-order valence-electron chi connectivity index (χ1n) is 13.7. The van der Waals surface area contributed by atoms with Gasteiger partial charge in [-0.05, 0) is 49.1 Å². The average Bonchev–Trinajstić information content (AvgIpc) is 2.97. The molecule has 0 saturated carbocycles. The van der Waals surface area contributed by atoms with Gasteiger partial charge in [-0.1, -0.05) is 54.6 Å². The van der Waals surface area contributed by atoms with Crippen LogP contribution in [0, 0.1) is 13.8 Å². The Balaban J connectivity index is 1.87. The summed E-state index contributed by atoms with van der Waals surface area (Å²) in [7, 11) is 1.04. The Labute approximate surface area is 250 Å². The zero-order valence-corrected chi connectivity index (χ0v) is 24.1. The smallest absolute Gasteiger partial charge is 0.417 e. The molecular formula is C32H30F6N2O4. The molecule has 3 aromatic carbocycles. The van der Waals surface area contributed by atoms with Crippen molar-refractivity contribution < 1.29 is 45.5 Å². The van der Waals surface area contributed by atoms with Crippen LogP contribution in [0.1, 0.15) is 48.5 Å². The Morgan fingerprint density at radius 1 is 0.818 bits per heavy atom. The first-order valence-corrected chi connectivity index (χ1v) is 13.7. The van der Waals surface area contributed by atoms with E-state index in [1.807, 2.05) is 26.0 Å². The van der Waals surface area contributed by atoms with E-state index in [-0.39, 0.29) is 13.0 Å². The van der Waals surface area contributed by atoms with Crippen LogP contribution < -0.4 is 5.32 Å². The van der Waals surface area contributed by atoms with Crippen LogP contribution in [0.4, 0.5) is 26.3 Å². The molecule has 4 rings (SSSR count). The lowest BCUT2D eigenvalue weighted by Gasteiger charge is -2.45. The average molecular weight is 621 g/mol. The van der Waals surface area contributed by atoms with Gasteiger partial charge in [0.05, 0.1) is 36.9 Å². The van der Waals surface area contributed by atoms with Gasteiger partial charge in [0, 0.05) is 23.7 Å². The number of alkyl halides is 6. The SMILES string of the molecule is COC(=O)CN1C(C(=O)c2ccccc2C(F)(F)F)CNC(Cc2ccc(C)c(C)c2)C1C(=O)c1ccccc1C(F)(F)F. The monoisotopic (exact) mass is 620 g/mol. The molecule has 1 fully saturated rings. The van der Waals surface area contributed by atoms with Crippen molar-refractivity contribution >= 4 is 17.5 Å².